The predicted molar refractivity (Wildman–Crippen MR) is 95.2 cm³/mol. The van der Waals surface area contributed by atoms with Gasteiger partial charge >= 0.3 is 5.97 Å². The van der Waals surface area contributed by atoms with Gasteiger partial charge in [-0.05, 0) is 41.8 Å². The molecule has 1 aliphatic heterocycles. The van der Waals surface area contributed by atoms with E-state index >= 15 is 0 Å². The van der Waals surface area contributed by atoms with E-state index < -0.39 is 0 Å². The molecular formula is C17H22N2O6S. The van der Waals surface area contributed by atoms with E-state index in [1.807, 2.05) is 6.07 Å². The molecule has 2 N–H and O–H groups in total. The summed E-state index contributed by atoms with van der Waals surface area (Å²) in [4.78, 5) is 28.0. The van der Waals surface area contributed by atoms with Crippen molar-refractivity contribution >= 4 is 30.0 Å². The van der Waals surface area contributed by atoms with Crippen molar-refractivity contribution < 1.29 is 28.7 Å². The van der Waals surface area contributed by atoms with Gasteiger partial charge in [0.25, 0.3) is 0 Å². The molecule has 1 aromatic carbocycles. The van der Waals surface area contributed by atoms with Crippen LogP contribution >= 0.6 is 12.0 Å². The van der Waals surface area contributed by atoms with Gasteiger partial charge in [-0.25, -0.2) is 10.3 Å². The molecule has 0 spiro atoms. The molecule has 26 heavy (non-hydrogen) atoms. The molecule has 1 heterocycles. The van der Waals surface area contributed by atoms with Crippen LogP contribution in [0.2, 0.25) is 0 Å². The maximum atomic E-state index is 11.6. The SMILES string of the molecule is COC(=O)c1cccc(C=C2ON(CCCCCCC(=O)NO)OS2)c1. The van der Waals surface area contributed by atoms with Crippen molar-refractivity contribution in [2.45, 2.75) is 32.1 Å². The van der Waals surface area contributed by atoms with Crippen LogP contribution in [0, 0.1) is 0 Å². The Kier molecular flexibility index (Phi) is 8.42. The van der Waals surface area contributed by atoms with E-state index in [-0.39, 0.29) is 11.9 Å². The topological polar surface area (TPSA) is 97.3 Å². The van der Waals surface area contributed by atoms with Crippen molar-refractivity contribution in [2.75, 3.05) is 13.7 Å². The van der Waals surface area contributed by atoms with Crippen molar-refractivity contribution in [2.24, 2.45) is 0 Å². The van der Waals surface area contributed by atoms with E-state index in [1.165, 1.54) is 12.3 Å². The molecule has 1 aliphatic rings. The first-order valence-corrected chi connectivity index (χ1v) is 8.99. The zero-order chi connectivity index (χ0) is 18.8. The third-order valence-electron chi connectivity index (χ3n) is 3.61. The molecule has 9 heteroatoms. The van der Waals surface area contributed by atoms with Crippen LogP contribution in [0.4, 0.5) is 0 Å². The lowest BCUT2D eigenvalue weighted by molar-refractivity contribution is -0.259. The first kappa shape index (κ1) is 20.2. The first-order valence-electron chi connectivity index (χ1n) is 8.25. The minimum Gasteiger partial charge on any atom is -0.465 e. The van der Waals surface area contributed by atoms with Crippen molar-refractivity contribution in [3.8, 4) is 0 Å². The van der Waals surface area contributed by atoms with E-state index in [9.17, 15) is 9.59 Å². The summed E-state index contributed by atoms with van der Waals surface area (Å²) in [6, 6.07) is 7.03. The second-order valence-corrected chi connectivity index (χ2v) is 6.30. The number of hydroxylamine groups is 3. The molecule has 0 atom stereocenters. The fraction of sp³-hybridized carbons (Fsp3) is 0.412. The average molecular weight is 382 g/mol. The highest BCUT2D eigenvalue weighted by molar-refractivity contribution is 7.98. The average Bonchev–Trinajstić information content (AvgIpc) is 3.11. The highest BCUT2D eigenvalue weighted by atomic mass is 32.2. The summed E-state index contributed by atoms with van der Waals surface area (Å²) in [5.41, 5.74) is 2.89. The van der Waals surface area contributed by atoms with Gasteiger partial charge in [0.05, 0.1) is 31.3 Å². The molecule has 1 amide bonds. The summed E-state index contributed by atoms with van der Waals surface area (Å²) >= 11 is 1.11. The van der Waals surface area contributed by atoms with Gasteiger partial charge in [-0.1, -0.05) is 25.0 Å². The summed E-state index contributed by atoms with van der Waals surface area (Å²) in [5, 5.41) is 10.4. The van der Waals surface area contributed by atoms with Crippen molar-refractivity contribution in [3.63, 3.8) is 0 Å². The maximum Gasteiger partial charge on any atom is 0.337 e. The molecule has 0 bridgehead atoms. The normalized spacial score (nSPS) is 15.7. The first-order chi connectivity index (χ1) is 12.6. The second kappa shape index (κ2) is 10.8. The Labute approximate surface area is 156 Å². The van der Waals surface area contributed by atoms with Crippen LogP contribution in [0.25, 0.3) is 6.08 Å². The van der Waals surface area contributed by atoms with Gasteiger partial charge in [0.1, 0.15) is 0 Å². The molecule has 1 aromatic rings. The zero-order valence-corrected chi connectivity index (χ0v) is 15.3. The summed E-state index contributed by atoms with van der Waals surface area (Å²) < 4.78 is 10.1. The molecule has 1 fully saturated rings. The van der Waals surface area contributed by atoms with Crippen LogP contribution in [-0.2, 0) is 18.7 Å². The number of benzene rings is 1. The number of nitrogens with zero attached hydrogens (tertiary/aromatic N) is 1. The van der Waals surface area contributed by atoms with Gasteiger partial charge in [0.15, 0.2) is 0 Å². The maximum absolute atomic E-state index is 11.6. The Morgan fingerprint density at radius 1 is 1.31 bits per heavy atom. The minimum absolute atomic E-state index is 0.320. The van der Waals surface area contributed by atoms with Gasteiger partial charge in [-0.2, -0.15) is 4.28 Å². The number of unbranched alkanes of at least 4 members (excludes halogenated alkanes) is 3. The summed E-state index contributed by atoms with van der Waals surface area (Å²) in [5.74, 6) is -0.752. The van der Waals surface area contributed by atoms with Crippen LogP contribution in [0.15, 0.2) is 29.4 Å². The number of nitrogens with one attached hydrogen (secondary N) is 1. The van der Waals surface area contributed by atoms with Crippen molar-refractivity contribution in [1.29, 1.82) is 0 Å². The molecule has 142 valence electrons. The van der Waals surface area contributed by atoms with Crippen molar-refractivity contribution in [3.05, 3.63) is 40.5 Å². The second-order valence-electron chi connectivity index (χ2n) is 5.59. The van der Waals surface area contributed by atoms with Gasteiger partial charge < -0.3 is 9.57 Å². The quantitative estimate of drug-likeness (QED) is 0.221. The fourth-order valence-electron chi connectivity index (χ4n) is 2.29. The third kappa shape index (κ3) is 6.68. The van der Waals surface area contributed by atoms with E-state index in [0.29, 0.717) is 23.6 Å². The Morgan fingerprint density at radius 2 is 2.12 bits per heavy atom. The predicted octanol–water partition coefficient (Wildman–Crippen LogP) is 3.05. The number of methoxy groups -OCH3 is 1. The summed E-state index contributed by atoms with van der Waals surface area (Å²) in [6.45, 7) is 0.596. The number of amides is 1. The number of ether oxygens (including phenoxy) is 1. The third-order valence-corrected chi connectivity index (χ3v) is 4.20. The van der Waals surface area contributed by atoms with Gasteiger partial charge in [-0.3, -0.25) is 10.0 Å². The largest absolute Gasteiger partial charge is 0.465 e. The summed E-state index contributed by atoms with van der Waals surface area (Å²) in [6.07, 6.45) is 5.49. The standard InChI is InChI=1S/C17H22N2O6S/c1-23-17(21)14-8-6-7-13(11-14)12-16-24-19(25-26-16)10-5-3-2-4-9-15(20)18-22/h6-8,11-12,22H,2-5,9-10H2,1H3,(H,18,20). The van der Waals surface area contributed by atoms with Crippen LogP contribution in [0.3, 0.4) is 0 Å². The number of carbonyl (C=O) groups excluding carboxylic acids is 2. The minimum atomic E-state index is -0.389. The Bertz CT molecular complexity index is 652. The van der Waals surface area contributed by atoms with Gasteiger partial charge in [-0.15, -0.1) is 0 Å². The van der Waals surface area contributed by atoms with Crippen LogP contribution in [0.1, 0.15) is 48.0 Å². The van der Waals surface area contributed by atoms with E-state index in [4.69, 9.17) is 19.1 Å². The smallest absolute Gasteiger partial charge is 0.337 e. The lowest BCUT2D eigenvalue weighted by atomic mass is 10.1. The lowest BCUT2D eigenvalue weighted by Crippen LogP contribution is -2.18. The van der Waals surface area contributed by atoms with Crippen LogP contribution in [0.5, 0.6) is 0 Å². The van der Waals surface area contributed by atoms with Crippen LogP contribution in [-0.4, -0.2) is 36.0 Å². The number of carbonyl (C=O) groups is 2. The lowest BCUT2D eigenvalue weighted by Gasteiger charge is -2.10. The number of hydrogen-bond donors (Lipinski definition) is 2. The van der Waals surface area contributed by atoms with E-state index in [2.05, 4.69) is 0 Å². The Balaban J connectivity index is 1.72. The van der Waals surface area contributed by atoms with E-state index in [0.717, 1.165) is 43.3 Å². The molecular weight excluding hydrogens is 360 g/mol. The molecule has 8 nitrogen and oxygen atoms in total. The molecule has 2 rings (SSSR count). The van der Waals surface area contributed by atoms with Crippen molar-refractivity contribution in [1.82, 2.24) is 10.7 Å². The molecule has 0 saturated carbocycles. The zero-order valence-electron chi connectivity index (χ0n) is 14.5. The fourth-order valence-corrected chi connectivity index (χ4v) is 2.85. The van der Waals surface area contributed by atoms with E-state index in [1.54, 1.807) is 29.8 Å². The Hall–Kier alpha value is -2.07. The van der Waals surface area contributed by atoms with Gasteiger partial charge in [0, 0.05) is 6.42 Å². The highest BCUT2D eigenvalue weighted by Crippen LogP contribution is 2.31. The van der Waals surface area contributed by atoms with Gasteiger partial charge in [0.2, 0.25) is 11.0 Å². The molecule has 0 aliphatic carbocycles. The molecule has 1 saturated heterocycles. The Morgan fingerprint density at radius 3 is 2.88 bits per heavy atom. The monoisotopic (exact) mass is 382 g/mol. The summed E-state index contributed by atoms with van der Waals surface area (Å²) in [7, 11) is 1.34. The number of rotatable bonds is 9. The molecule has 0 aromatic heterocycles. The molecule has 0 radical (unpaired) electrons. The number of hydrogen-bond acceptors (Lipinski definition) is 8. The highest BCUT2D eigenvalue weighted by Gasteiger charge is 2.21. The van der Waals surface area contributed by atoms with Crippen LogP contribution < -0.4 is 5.48 Å². The molecule has 0 unspecified atom stereocenters. The number of esters is 1.